The largest absolute Gasteiger partial charge is 0.360 e. The average molecular weight is 239 g/mol. The predicted molar refractivity (Wildman–Crippen MR) is 70.3 cm³/mol. The summed E-state index contributed by atoms with van der Waals surface area (Å²) in [5.74, 6) is 1.24. The molecule has 1 aromatic carbocycles. The lowest BCUT2D eigenvalue weighted by Crippen LogP contribution is -2.21. The Morgan fingerprint density at radius 1 is 1.39 bits per heavy atom. The zero-order valence-electron chi connectivity index (χ0n) is 10.1. The molecule has 0 amide bonds. The first-order valence-corrected chi connectivity index (χ1v) is 5.69. The van der Waals surface area contributed by atoms with Crippen LogP contribution in [-0.4, -0.2) is 16.6 Å². The summed E-state index contributed by atoms with van der Waals surface area (Å²) in [7, 11) is 0. The van der Waals surface area contributed by atoms with E-state index >= 15 is 0 Å². The Morgan fingerprint density at radius 3 is 2.78 bits per heavy atom. The van der Waals surface area contributed by atoms with E-state index in [-0.39, 0.29) is 18.0 Å². The van der Waals surface area contributed by atoms with E-state index in [2.05, 4.69) is 10.9 Å². The molecule has 0 radical (unpaired) electrons. The quantitative estimate of drug-likeness (QED) is 0.506. The fourth-order valence-electron chi connectivity index (χ4n) is 2.00. The van der Waals surface area contributed by atoms with Gasteiger partial charge in [0, 0.05) is 29.1 Å². The van der Waals surface area contributed by atoms with Crippen LogP contribution in [0.2, 0.25) is 0 Å². The van der Waals surface area contributed by atoms with Crippen LogP contribution in [0.1, 0.15) is 23.7 Å². The van der Waals surface area contributed by atoms with Gasteiger partial charge in [0.2, 0.25) is 0 Å². The summed E-state index contributed by atoms with van der Waals surface area (Å²) >= 11 is 0. The van der Waals surface area contributed by atoms with E-state index in [0.29, 0.717) is 5.56 Å². The molecule has 0 aliphatic carbocycles. The van der Waals surface area contributed by atoms with Crippen molar-refractivity contribution in [2.45, 2.75) is 13.3 Å². The van der Waals surface area contributed by atoms with E-state index in [1.807, 2.05) is 24.3 Å². The van der Waals surface area contributed by atoms with Gasteiger partial charge in [0.1, 0.15) is 5.78 Å². The first kappa shape index (κ1) is 12.1. The van der Waals surface area contributed by atoms with E-state index in [0.717, 1.165) is 10.9 Å². The van der Waals surface area contributed by atoms with Crippen molar-refractivity contribution in [3.63, 3.8) is 0 Å². The highest BCUT2D eigenvalue weighted by Gasteiger charge is 2.25. The Hall–Kier alpha value is -2.34. The first-order valence-electron chi connectivity index (χ1n) is 5.69. The molecule has 3 nitrogen and oxygen atoms in total. The summed E-state index contributed by atoms with van der Waals surface area (Å²) in [6.45, 7) is 1.40. The summed E-state index contributed by atoms with van der Waals surface area (Å²) in [4.78, 5) is 26.8. The number of Topliss-reactive ketones (excluding diaryl/α,β-unsaturated/α-hetero) is 2. The zero-order valence-corrected chi connectivity index (χ0v) is 10.1. The summed E-state index contributed by atoms with van der Waals surface area (Å²) in [6.07, 6.45) is 6.99. The van der Waals surface area contributed by atoms with Crippen molar-refractivity contribution in [1.82, 2.24) is 4.98 Å². The van der Waals surface area contributed by atoms with Crippen molar-refractivity contribution >= 4 is 22.5 Å². The van der Waals surface area contributed by atoms with Crippen molar-refractivity contribution in [2.75, 3.05) is 0 Å². The lowest BCUT2D eigenvalue weighted by atomic mass is 9.91. The number of ketones is 2. The molecule has 90 valence electrons. The third-order valence-corrected chi connectivity index (χ3v) is 2.98. The second-order valence-electron chi connectivity index (χ2n) is 4.18. The maximum atomic E-state index is 12.3. The van der Waals surface area contributed by atoms with Gasteiger partial charge in [-0.2, -0.15) is 0 Å². The Labute approximate surface area is 105 Å². The Balaban J connectivity index is 2.45. The maximum Gasteiger partial charge on any atom is 0.176 e. The zero-order chi connectivity index (χ0) is 13.1. The molecule has 2 aromatic rings. The minimum absolute atomic E-state index is 0.147. The van der Waals surface area contributed by atoms with E-state index in [1.165, 1.54) is 6.92 Å². The molecule has 0 spiro atoms. The summed E-state index contributed by atoms with van der Waals surface area (Å²) in [5.41, 5.74) is 1.41. The van der Waals surface area contributed by atoms with Crippen molar-refractivity contribution in [3.8, 4) is 12.3 Å². The van der Waals surface area contributed by atoms with Gasteiger partial charge in [0.15, 0.2) is 5.78 Å². The van der Waals surface area contributed by atoms with Crippen molar-refractivity contribution < 1.29 is 9.59 Å². The van der Waals surface area contributed by atoms with Crippen LogP contribution in [0.15, 0.2) is 30.5 Å². The number of H-pyrrole nitrogens is 1. The van der Waals surface area contributed by atoms with Crippen molar-refractivity contribution in [1.29, 1.82) is 0 Å². The topological polar surface area (TPSA) is 49.9 Å². The van der Waals surface area contributed by atoms with Gasteiger partial charge in [-0.25, -0.2) is 0 Å². The lowest BCUT2D eigenvalue weighted by molar-refractivity contribution is -0.119. The van der Waals surface area contributed by atoms with Gasteiger partial charge in [-0.1, -0.05) is 18.2 Å². The smallest absolute Gasteiger partial charge is 0.176 e. The molecule has 0 saturated heterocycles. The molecule has 1 heterocycles. The SMILES string of the molecule is C#CCC(C(C)=O)C(=O)c1c[nH]c2ccccc12. The molecule has 1 atom stereocenters. The van der Waals surface area contributed by atoms with E-state index < -0.39 is 5.92 Å². The standard InChI is InChI=1S/C15H13NO2/c1-3-6-11(10(2)17)15(18)13-9-16-14-8-5-4-7-12(13)14/h1,4-5,7-9,11,16H,6H2,2H3. The molecule has 0 bridgehead atoms. The fourth-order valence-corrected chi connectivity index (χ4v) is 2.00. The maximum absolute atomic E-state index is 12.3. The highest BCUT2D eigenvalue weighted by Crippen LogP contribution is 2.22. The third kappa shape index (κ3) is 2.05. The van der Waals surface area contributed by atoms with Crippen molar-refractivity contribution in [2.24, 2.45) is 5.92 Å². The Kier molecular flexibility index (Phi) is 3.29. The number of rotatable bonds is 4. The molecule has 18 heavy (non-hydrogen) atoms. The lowest BCUT2D eigenvalue weighted by Gasteiger charge is -2.08. The summed E-state index contributed by atoms with van der Waals surface area (Å²) in [5, 5.41) is 0.825. The van der Waals surface area contributed by atoms with E-state index in [9.17, 15) is 9.59 Å². The van der Waals surface area contributed by atoms with Crippen LogP contribution < -0.4 is 0 Å². The van der Waals surface area contributed by atoms with Crippen LogP contribution in [0.25, 0.3) is 10.9 Å². The molecule has 2 rings (SSSR count). The molecule has 1 unspecified atom stereocenters. The van der Waals surface area contributed by atoms with Gasteiger partial charge in [-0.15, -0.1) is 12.3 Å². The Bertz CT molecular complexity index is 646. The fraction of sp³-hybridized carbons (Fsp3) is 0.200. The second-order valence-corrected chi connectivity index (χ2v) is 4.18. The van der Waals surface area contributed by atoms with Gasteiger partial charge in [-0.05, 0) is 13.0 Å². The number of benzene rings is 1. The molecular weight excluding hydrogens is 226 g/mol. The number of carbonyl (C=O) groups is 2. The minimum Gasteiger partial charge on any atom is -0.360 e. The summed E-state index contributed by atoms with van der Waals surface area (Å²) < 4.78 is 0. The molecule has 1 aromatic heterocycles. The number of para-hydroxylation sites is 1. The number of nitrogens with one attached hydrogen (secondary N) is 1. The molecule has 3 heteroatoms. The monoisotopic (exact) mass is 239 g/mol. The van der Waals surface area contributed by atoms with Crippen LogP contribution in [0.4, 0.5) is 0 Å². The van der Waals surface area contributed by atoms with Crippen molar-refractivity contribution in [3.05, 3.63) is 36.0 Å². The normalized spacial score (nSPS) is 12.0. The number of aromatic amines is 1. The van der Waals surface area contributed by atoms with Crippen LogP contribution in [-0.2, 0) is 4.79 Å². The van der Waals surface area contributed by atoms with Crippen LogP contribution in [0.5, 0.6) is 0 Å². The van der Waals surface area contributed by atoms with Gasteiger partial charge in [0.05, 0.1) is 5.92 Å². The van der Waals surface area contributed by atoms with Gasteiger partial charge in [0.25, 0.3) is 0 Å². The minimum atomic E-state index is -0.741. The highest BCUT2D eigenvalue weighted by atomic mass is 16.1. The van der Waals surface area contributed by atoms with E-state index in [4.69, 9.17) is 6.42 Å². The number of hydrogen-bond donors (Lipinski definition) is 1. The van der Waals surface area contributed by atoms with Crippen LogP contribution >= 0.6 is 0 Å². The summed E-state index contributed by atoms with van der Waals surface area (Å²) in [6, 6.07) is 7.48. The van der Waals surface area contributed by atoms with Crippen LogP contribution in [0.3, 0.4) is 0 Å². The predicted octanol–water partition coefficient (Wildman–Crippen LogP) is 2.58. The average Bonchev–Trinajstić information content (AvgIpc) is 2.78. The number of terminal acetylenes is 1. The van der Waals surface area contributed by atoms with Crippen LogP contribution in [0, 0.1) is 18.3 Å². The molecule has 0 fully saturated rings. The molecule has 1 N–H and O–H groups in total. The molecule has 0 saturated carbocycles. The number of fused-ring (bicyclic) bond motifs is 1. The number of aromatic nitrogens is 1. The van der Waals surface area contributed by atoms with Gasteiger partial charge in [-0.3, -0.25) is 9.59 Å². The third-order valence-electron chi connectivity index (χ3n) is 2.98. The van der Waals surface area contributed by atoms with E-state index in [1.54, 1.807) is 6.20 Å². The number of hydrogen-bond acceptors (Lipinski definition) is 2. The number of carbonyl (C=O) groups excluding carboxylic acids is 2. The van der Waals surface area contributed by atoms with Gasteiger partial charge >= 0.3 is 0 Å². The first-order chi connectivity index (χ1) is 8.65. The second kappa shape index (κ2) is 4.89. The molecule has 0 aliphatic rings. The van der Waals surface area contributed by atoms with Gasteiger partial charge < -0.3 is 4.98 Å². The molecule has 0 aliphatic heterocycles. The molecular formula is C15H13NO2. The Morgan fingerprint density at radius 2 is 2.11 bits per heavy atom. The highest BCUT2D eigenvalue weighted by molar-refractivity contribution is 6.16.